The van der Waals surface area contributed by atoms with Crippen molar-refractivity contribution < 1.29 is 32.2 Å². The van der Waals surface area contributed by atoms with Crippen LogP contribution >= 0.6 is 0 Å². The zero-order valence-electron chi connectivity index (χ0n) is 23.9. The summed E-state index contributed by atoms with van der Waals surface area (Å²) in [7, 11) is 1.88. The number of benzene rings is 3. The molecule has 0 saturated carbocycles. The lowest BCUT2D eigenvalue weighted by atomic mass is 10.1. The number of alkyl halides is 3. The Morgan fingerprint density at radius 1 is 1.02 bits per heavy atom. The first-order valence-corrected chi connectivity index (χ1v) is 13.7. The molecule has 0 unspecified atom stereocenters. The molecule has 0 atom stereocenters. The fourth-order valence-corrected chi connectivity index (χ4v) is 4.95. The van der Waals surface area contributed by atoms with Gasteiger partial charge in [-0.3, -0.25) is 0 Å². The highest BCUT2D eigenvalue weighted by Gasteiger charge is 2.38. The summed E-state index contributed by atoms with van der Waals surface area (Å²) in [5.74, 6) is -1.97. The number of aliphatic carboxylic acids is 1. The average Bonchev–Trinajstić information content (AvgIpc) is 3.67. The van der Waals surface area contributed by atoms with Gasteiger partial charge in [0, 0.05) is 53.9 Å². The van der Waals surface area contributed by atoms with E-state index in [-0.39, 0.29) is 11.5 Å². The van der Waals surface area contributed by atoms with Gasteiger partial charge in [-0.2, -0.15) is 18.3 Å². The fraction of sp³-hybridized carbons (Fsp3) is 0.194. The number of nitrogens with two attached hydrogens (primary N) is 1. The number of aromatic amines is 1. The normalized spacial score (nSPS) is 11.5. The molecule has 0 aliphatic carbocycles. The molecule has 0 bridgehead atoms. The van der Waals surface area contributed by atoms with Gasteiger partial charge in [-0.25, -0.2) is 23.6 Å². The molecular formula is C31H28F4N6O4. The number of aromatic nitrogens is 5. The number of carboxylic acid groups (broad SMARTS) is 1. The smallest absolute Gasteiger partial charge is 0.489 e. The molecule has 45 heavy (non-hydrogen) atoms. The molecule has 6 aromatic rings. The number of hydrogen-bond acceptors (Lipinski definition) is 5. The fourth-order valence-electron chi connectivity index (χ4n) is 4.95. The van der Waals surface area contributed by atoms with E-state index in [1.54, 1.807) is 10.6 Å². The van der Waals surface area contributed by atoms with E-state index in [9.17, 15) is 22.4 Å². The van der Waals surface area contributed by atoms with Gasteiger partial charge in [0.05, 0.1) is 11.2 Å². The van der Waals surface area contributed by atoms with E-state index in [1.807, 2.05) is 72.5 Å². The summed E-state index contributed by atoms with van der Waals surface area (Å²) < 4.78 is 57.5. The first kappa shape index (κ1) is 31.1. The predicted octanol–water partition coefficient (Wildman–Crippen LogP) is 5.37. The molecular weight excluding hydrogens is 596 g/mol. The number of carboxylic acids is 1. The minimum Gasteiger partial charge on any atom is -0.489 e. The number of nitrogens with one attached hydrogen (secondary N) is 1. The van der Waals surface area contributed by atoms with Gasteiger partial charge in [0.2, 0.25) is 0 Å². The quantitative estimate of drug-likeness (QED) is 0.195. The zero-order valence-corrected chi connectivity index (χ0v) is 23.9. The van der Waals surface area contributed by atoms with Crippen LogP contribution in [0.4, 0.5) is 17.6 Å². The number of carbonyl (C=O) groups is 1. The number of H-pyrrole nitrogens is 1. The van der Waals surface area contributed by atoms with Crippen LogP contribution < -0.4 is 16.2 Å². The summed E-state index contributed by atoms with van der Waals surface area (Å²) in [4.78, 5) is 22.0. The lowest BCUT2D eigenvalue weighted by Gasteiger charge is -2.09. The molecule has 6 rings (SSSR count). The van der Waals surface area contributed by atoms with E-state index in [0.717, 1.165) is 34.2 Å². The summed E-state index contributed by atoms with van der Waals surface area (Å²) in [6.45, 7) is 1.67. The molecule has 14 heteroatoms. The molecule has 234 valence electrons. The minimum absolute atomic E-state index is 0.351. The van der Waals surface area contributed by atoms with Crippen molar-refractivity contribution in [2.24, 2.45) is 12.8 Å². The molecule has 0 amide bonds. The van der Waals surface area contributed by atoms with E-state index in [4.69, 9.17) is 20.4 Å². The van der Waals surface area contributed by atoms with Crippen LogP contribution in [0.5, 0.6) is 5.75 Å². The number of nitrogens with zero attached hydrogens (tertiary/aromatic N) is 4. The van der Waals surface area contributed by atoms with Gasteiger partial charge in [-0.15, -0.1) is 0 Å². The summed E-state index contributed by atoms with van der Waals surface area (Å²) in [6.07, 6.45) is -0.513. The van der Waals surface area contributed by atoms with Crippen LogP contribution in [0.1, 0.15) is 12.0 Å². The lowest BCUT2D eigenvalue weighted by Crippen LogP contribution is -2.21. The summed E-state index contributed by atoms with van der Waals surface area (Å²) >= 11 is 0. The Bertz CT molecular complexity index is 2030. The van der Waals surface area contributed by atoms with Gasteiger partial charge >= 0.3 is 17.8 Å². The molecule has 0 aliphatic rings. The van der Waals surface area contributed by atoms with Gasteiger partial charge in [0.1, 0.15) is 18.2 Å². The minimum atomic E-state index is -5.08. The maximum Gasteiger partial charge on any atom is 0.490 e. The molecule has 3 aromatic carbocycles. The van der Waals surface area contributed by atoms with Crippen molar-refractivity contribution in [2.45, 2.75) is 25.7 Å². The Kier molecular flexibility index (Phi) is 8.77. The molecule has 10 nitrogen and oxygen atoms in total. The Balaban J connectivity index is 0.000000515. The van der Waals surface area contributed by atoms with Gasteiger partial charge in [0.15, 0.2) is 5.82 Å². The number of halogens is 4. The Morgan fingerprint density at radius 2 is 1.76 bits per heavy atom. The van der Waals surface area contributed by atoms with Gasteiger partial charge in [-0.1, -0.05) is 30.3 Å². The molecule has 3 heterocycles. The van der Waals surface area contributed by atoms with Gasteiger partial charge < -0.3 is 24.7 Å². The molecule has 4 N–H and O–H groups in total. The van der Waals surface area contributed by atoms with Crippen LogP contribution in [-0.2, 0) is 25.0 Å². The van der Waals surface area contributed by atoms with Crippen LogP contribution in [-0.4, -0.2) is 47.7 Å². The van der Waals surface area contributed by atoms with Crippen molar-refractivity contribution in [3.63, 3.8) is 0 Å². The predicted molar refractivity (Wildman–Crippen MR) is 160 cm³/mol. The first-order valence-electron chi connectivity index (χ1n) is 13.7. The van der Waals surface area contributed by atoms with Crippen LogP contribution in [0.3, 0.4) is 0 Å². The van der Waals surface area contributed by atoms with Crippen molar-refractivity contribution in [3.8, 4) is 22.8 Å². The van der Waals surface area contributed by atoms with Crippen LogP contribution in [0.15, 0.2) is 83.9 Å². The second kappa shape index (κ2) is 12.7. The number of rotatable bonds is 8. The second-order valence-electron chi connectivity index (χ2n) is 10.1. The number of aryl methyl sites for hydroxylation is 2. The Labute approximate surface area is 252 Å². The van der Waals surface area contributed by atoms with E-state index >= 15 is 0 Å². The summed E-state index contributed by atoms with van der Waals surface area (Å²) in [5.41, 5.74) is 9.61. The monoisotopic (exact) mass is 624 g/mol. The molecule has 0 radical (unpaired) electrons. The highest BCUT2D eigenvalue weighted by molar-refractivity contribution is 5.96. The highest BCUT2D eigenvalue weighted by Crippen LogP contribution is 2.34. The lowest BCUT2D eigenvalue weighted by molar-refractivity contribution is -0.192. The van der Waals surface area contributed by atoms with E-state index < -0.39 is 12.1 Å². The third-order valence-corrected chi connectivity index (χ3v) is 7.03. The molecule has 0 saturated heterocycles. The molecule has 0 spiro atoms. The van der Waals surface area contributed by atoms with Crippen LogP contribution in [0, 0.1) is 5.82 Å². The van der Waals surface area contributed by atoms with Crippen molar-refractivity contribution in [3.05, 3.63) is 101 Å². The maximum absolute atomic E-state index is 14.2. The topological polar surface area (TPSA) is 133 Å². The maximum atomic E-state index is 14.2. The number of ether oxygens (including phenoxy) is 1. The standard InChI is InChI=1S/C29H27FN6O2.C2HF3O2/c1-34-16-24(23-14-20(30)8-11-25(23)34)28-32-33-29(37)36(28)27-17-35(13-5-12-31)26-15-21(9-10-22(26)27)38-18-19-6-3-2-4-7-19;3-2(4,5)1(6)7/h2-4,6-11,14-17H,5,12-13,18,31H2,1H3,(H,33,37);(H,6,7). The largest absolute Gasteiger partial charge is 0.490 e. The van der Waals surface area contributed by atoms with Crippen molar-refractivity contribution in [1.29, 1.82) is 0 Å². The molecule has 0 aliphatic heterocycles. The number of fused-ring (bicyclic) bond motifs is 2. The highest BCUT2D eigenvalue weighted by atomic mass is 19.4. The molecule has 3 aromatic heterocycles. The third-order valence-electron chi connectivity index (χ3n) is 7.03. The Hall–Kier alpha value is -5.37. The van der Waals surface area contributed by atoms with Crippen molar-refractivity contribution >= 4 is 27.8 Å². The van der Waals surface area contributed by atoms with E-state index in [2.05, 4.69) is 14.8 Å². The summed E-state index contributed by atoms with van der Waals surface area (Å²) in [5, 5.41) is 15.6. The zero-order chi connectivity index (χ0) is 32.3. The van der Waals surface area contributed by atoms with E-state index in [0.29, 0.717) is 42.2 Å². The SMILES string of the molecule is Cn1cc(-c2n[nH]c(=O)n2-c2cn(CCCN)c3cc(OCc4ccccc4)ccc23)c2cc(F)ccc21.O=C(O)C(F)(F)F. The van der Waals surface area contributed by atoms with Crippen molar-refractivity contribution in [2.75, 3.05) is 6.54 Å². The van der Waals surface area contributed by atoms with Crippen LogP contribution in [0.25, 0.3) is 38.9 Å². The van der Waals surface area contributed by atoms with Gasteiger partial charge in [-0.05, 0) is 48.9 Å². The van der Waals surface area contributed by atoms with E-state index in [1.165, 1.54) is 12.1 Å². The van der Waals surface area contributed by atoms with Crippen molar-refractivity contribution in [1.82, 2.24) is 23.9 Å². The van der Waals surface area contributed by atoms with Gasteiger partial charge in [0.25, 0.3) is 0 Å². The second-order valence-corrected chi connectivity index (χ2v) is 10.1. The molecule has 0 fully saturated rings. The first-order chi connectivity index (χ1) is 21.5. The number of hydrogen-bond donors (Lipinski definition) is 3. The average molecular weight is 625 g/mol. The van der Waals surface area contributed by atoms with Crippen LogP contribution in [0.2, 0.25) is 0 Å². The third kappa shape index (κ3) is 6.60. The summed E-state index contributed by atoms with van der Waals surface area (Å²) in [6, 6.07) is 20.4. The Morgan fingerprint density at radius 3 is 2.44 bits per heavy atom.